The molecule has 1 fully saturated rings. The number of hydrogen-bond acceptors (Lipinski definition) is 4. The molecule has 4 rings (SSSR count). The number of Topliss-reactive ketones (excluding diaryl/α,β-unsaturated/α-hetero) is 2. The molecule has 2 aromatic rings. The molecule has 7 heteroatoms. The first-order valence-corrected chi connectivity index (χ1v) is 10.7. The maximum Gasteiger partial charge on any atom is 0.223 e. The van der Waals surface area contributed by atoms with Crippen LogP contribution in [0.15, 0.2) is 42.5 Å². The van der Waals surface area contributed by atoms with Crippen LogP contribution >= 0.6 is 23.2 Å². The van der Waals surface area contributed by atoms with Crippen molar-refractivity contribution in [3.8, 4) is 5.75 Å². The zero-order chi connectivity index (χ0) is 21.3. The van der Waals surface area contributed by atoms with Crippen molar-refractivity contribution in [2.24, 2.45) is 0 Å². The monoisotopic (exact) mass is 445 g/mol. The summed E-state index contributed by atoms with van der Waals surface area (Å²) in [4.78, 5) is 39.2. The van der Waals surface area contributed by atoms with Crippen LogP contribution < -0.4 is 4.74 Å². The molecule has 156 valence electrons. The molecule has 2 aliphatic rings. The van der Waals surface area contributed by atoms with Crippen LogP contribution in [0.3, 0.4) is 0 Å². The van der Waals surface area contributed by atoms with E-state index in [0.717, 1.165) is 0 Å². The highest BCUT2D eigenvalue weighted by atomic mass is 35.5. The lowest BCUT2D eigenvalue weighted by Gasteiger charge is -2.44. The van der Waals surface area contributed by atoms with E-state index in [-0.39, 0.29) is 36.7 Å². The summed E-state index contributed by atoms with van der Waals surface area (Å²) in [5, 5.41) is 0.722. The average Bonchev–Trinajstić information content (AvgIpc) is 2.74. The number of amides is 1. The minimum Gasteiger partial charge on any atom is -0.484 e. The molecule has 5 nitrogen and oxygen atoms in total. The predicted octanol–water partition coefficient (Wildman–Crippen LogP) is 4.98. The van der Waals surface area contributed by atoms with E-state index >= 15 is 0 Å². The molecular formula is C23H21Cl2NO4. The Bertz CT molecular complexity index is 998. The number of fused-ring (bicyclic) bond motifs is 1. The molecule has 2 aromatic carbocycles. The van der Waals surface area contributed by atoms with E-state index in [9.17, 15) is 14.4 Å². The fraction of sp³-hybridized carbons (Fsp3) is 0.348. The highest BCUT2D eigenvalue weighted by molar-refractivity contribution is 6.36. The molecule has 2 heterocycles. The smallest absolute Gasteiger partial charge is 0.223 e. The van der Waals surface area contributed by atoms with E-state index in [4.69, 9.17) is 27.9 Å². The van der Waals surface area contributed by atoms with Crippen LogP contribution in [0.5, 0.6) is 5.75 Å². The van der Waals surface area contributed by atoms with E-state index in [1.807, 2.05) is 18.2 Å². The number of benzene rings is 2. The van der Waals surface area contributed by atoms with Crippen molar-refractivity contribution in [2.75, 3.05) is 13.1 Å². The molecule has 0 N–H and O–H groups in total. The van der Waals surface area contributed by atoms with Crippen LogP contribution in [0.2, 0.25) is 10.0 Å². The van der Waals surface area contributed by atoms with Crippen molar-refractivity contribution in [1.82, 2.24) is 4.90 Å². The molecule has 0 unspecified atom stereocenters. The van der Waals surface area contributed by atoms with E-state index < -0.39 is 5.60 Å². The number of nitrogens with zero attached hydrogens (tertiary/aromatic N) is 1. The van der Waals surface area contributed by atoms with Gasteiger partial charge in [0.25, 0.3) is 0 Å². The molecule has 0 saturated carbocycles. The number of carbonyl (C=O) groups excluding carboxylic acids is 3. The van der Waals surface area contributed by atoms with Gasteiger partial charge in [0.2, 0.25) is 5.91 Å². The Morgan fingerprint density at radius 2 is 1.73 bits per heavy atom. The van der Waals surface area contributed by atoms with Gasteiger partial charge < -0.3 is 9.64 Å². The van der Waals surface area contributed by atoms with Crippen molar-refractivity contribution < 1.29 is 19.1 Å². The maximum absolute atomic E-state index is 12.7. The minimum absolute atomic E-state index is 0.0384. The van der Waals surface area contributed by atoms with Gasteiger partial charge in [0.15, 0.2) is 11.6 Å². The van der Waals surface area contributed by atoms with Gasteiger partial charge in [-0.1, -0.05) is 53.5 Å². The van der Waals surface area contributed by atoms with E-state index in [1.54, 1.807) is 29.2 Å². The number of ether oxygens (including phenoxy) is 1. The average molecular weight is 446 g/mol. The number of likely N-dealkylation sites (tertiary alicyclic amines) is 1. The lowest BCUT2D eigenvalue weighted by molar-refractivity contribution is -0.134. The van der Waals surface area contributed by atoms with Crippen LogP contribution in [0.1, 0.15) is 52.8 Å². The SMILES string of the molecule is O=C(CCC(=O)N1CCC2(CC1)CC(=O)c1cc(Cl)cc(Cl)c1O2)c1ccccc1. The third kappa shape index (κ3) is 4.23. The number of hydrogen-bond donors (Lipinski definition) is 0. The number of carbonyl (C=O) groups is 3. The topological polar surface area (TPSA) is 63.7 Å². The van der Waals surface area contributed by atoms with Gasteiger partial charge in [-0.25, -0.2) is 0 Å². The van der Waals surface area contributed by atoms with Crippen molar-refractivity contribution in [3.05, 3.63) is 63.6 Å². The summed E-state index contributed by atoms with van der Waals surface area (Å²) in [6, 6.07) is 12.1. The summed E-state index contributed by atoms with van der Waals surface area (Å²) in [5.41, 5.74) is 0.377. The molecule has 0 atom stereocenters. The Hall–Kier alpha value is -2.37. The normalized spacial score (nSPS) is 17.4. The molecular weight excluding hydrogens is 425 g/mol. The molecule has 0 bridgehead atoms. The van der Waals surface area contributed by atoms with Gasteiger partial charge in [0.1, 0.15) is 11.4 Å². The van der Waals surface area contributed by atoms with E-state index in [2.05, 4.69) is 0 Å². The molecule has 0 radical (unpaired) electrons. The fourth-order valence-corrected chi connectivity index (χ4v) is 4.63. The Morgan fingerprint density at radius 3 is 2.43 bits per heavy atom. The first-order valence-electron chi connectivity index (χ1n) is 9.94. The summed E-state index contributed by atoms with van der Waals surface area (Å²) in [6.07, 6.45) is 1.67. The first-order chi connectivity index (χ1) is 14.4. The van der Waals surface area contributed by atoms with E-state index in [0.29, 0.717) is 52.9 Å². The molecule has 2 aliphatic heterocycles. The predicted molar refractivity (Wildman–Crippen MR) is 115 cm³/mol. The summed E-state index contributed by atoms with van der Waals surface area (Å²) in [7, 11) is 0. The fourth-order valence-electron chi connectivity index (χ4n) is 4.10. The third-order valence-corrected chi connectivity index (χ3v) is 6.30. The number of piperidine rings is 1. The zero-order valence-electron chi connectivity index (χ0n) is 16.3. The van der Waals surface area contributed by atoms with Crippen LogP contribution in [0.4, 0.5) is 0 Å². The summed E-state index contributed by atoms with van der Waals surface area (Å²) < 4.78 is 6.20. The number of halogens is 2. The Morgan fingerprint density at radius 1 is 1.03 bits per heavy atom. The molecule has 1 saturated heterocycles. The van der Waals surface area contributed by atoms with Gasteiger partial charge in [-0.05, 0) is 12.1 Å². The molecule has 0 aliphatic carbocycles. The van der Waals surface area contributed by atoms with Crippen LogP contribution in [0.25, 0.3) is 0 Å². The summed E-state index contributed by atoms with van der Waals surface area (Å²) >= 11 is 12.3. The van der Waals surface area contributed by atoms with Crippen LogP contribution in [-0.4, -0.2) is 41.1 Å². The Balaban J connectivity index is 1.36. The van der Waals surface area contributed by atoms with Gasteiger partial charge in [0, 0.05) is 49.4 Å². The second-order valence-electron chi connectivity index (χ2n) is 7.82. The Labute approximate surface area is 184 Å². The zero-order valence-corrected chi connectivity index (χ0v) is 17.8. The van der Waals surface area contributed by atoms with Gasteiger partial charge in [0.05, 0.1) is 17.0 Å². The van der Waals surface area contributed by atoms with Crippen molar-refractivity contribution in [1.29, 1.82) is 0 Å². The second-order valence-corrected chi connectivity index (χ2v) is 8.66. The quantitative estimate of drug-likeness (QED) is 0.622. The van der Waals surface area contributed by atoms with Crippen molar-refractivity contribution in [2.45, 2.75) is 37.7 Å². The minimum atomic E-state index is -0.655. The van der Waals surface area contributed by atoms with Crippen molar-refractivity contribution >= 4 is 40.7 Å². The lowest BCUT2D eigenvalue weighted by Crippen LogP contribution is -2.52. The molecule has 30 heavy (non-hydrogen) atoms. The summed E-state index contributed by atoms with van der Waals surface area (Å²) in [6.45, 7) is 0.957. The Kier molecular flexibility index (Phi) is 5.85. The van der Waals surface area contributed by atoms with Gasteiger partial charge >= 0.3 is 0 Å². The van der Waals surface area contributed by atoms with Crippen LogP contribution in [-0.2, 0) is 4.79 Å². The maximum atomic E-state index is 12.7. The lowest BCUT2D eigenvalue weighted by atomic mass is 9.82. The molecule has 1 spiro atoms. The van der Waals surface area contributed by atoms with Gasteiger partial charge in [-0.2, -0.15) is 0 Å². The standard InChI is InChI=1S/C23H21Cl2NO4/c24-16-12-17-20(28)14-23(30-22(17)18(25)13-16)8-10-26(11-9-23)21(29)7-6-19(27)15-4-2-1-3-5-15/h1-5,12-13H,6-11,14H2. The number of rotatable bonds is 4. The van der Waals surface area contributed by atoms with Gasteiger partial charge in [-0.15, -0.1) is 0 Å². The van der Waals surface area contributed by atoms with Crippen LogP contribution in [0, 0.1) is 0 Å². The molecule has 0 aromatic heterocycles. The largest absolute Gasteiger partial charge is 0.484 e. The third-order valence-electron chi connectivity index (χ3n) is 5.80. The van der Waals surface area contributed by atoms with Gasteiger partial charge in [-0.3, -0.25) is 14.4 Å². The second kappa shape index (κ2) is 8.40. The highest BCUT2D eigenvalue weighted by Crippen LogP contribution is 2.44. The van der Waals surface area contributed by atoms with E-state index in [1.165, 1.54) is 0 Å². The first kappa shape index (κ1) is 20.9. The number of ketones is 2. The van der Waals surface area contributed by atoms with Crippen molar-refractivity contribution in [3.63, 3.8) is 0 Å². The summed E-state index contributed by atoms with van der Waals surface area (Å²) in [5.74, 6) is 0.240. The molecule has 1 amide bonds. The highest BCUT2D eigenvalue weighted by Gasteiger charge is 2.44.